The van der Waals surface area contributed by atoms with Crippen LogP contribution >= 0.6 is 23.2 Å². The summed E-state index contributed by atoms with van der Waals surface area (Å²) in [5.74, 6) is -0.403. The van der Waals surface area contributed by atoms with Crippen LogP contribution in [0, 0.1) is 5.82 Å². The number of aromatic nitrogens is 3. The third kappa shape index (κ3) is 7.46. The smallest absolute Gasteiger partial charge is 0.482 e. The van der Waals surface area contributed by atoms with Crippen molar-refractivity contribution in [1.82, 2.24) is 20.1 Å². The largest absolute Gasteiger partial charge is 0.488 e. The molecule has 2 aromatic carbocycles. The van der Waals surface area contributed by atoms with E-state index in [0.29, 0.717) is 16.6 Å². The zero-order chi connectivity index (χ0) is 30.5. The number of rotatable bonds is 9. The van der Waals surface area contributed by atoms with Crippen LogP contribution in [0.25, 0.3) is 11.1 Å². The lowest BCUT2D eigenvalue weighted by molar-refractivity contribution is 0.154. The lowest BCUT2D eigenvalue weighted by atomic mass is 9.80. The van der Waals surface area contributed by atoms with Gasteiger partial charge in [-0.1, -0.05) is 47.5 Å². The molecule has 0 spiro atoms. The standard InChI is InChI=1S/C29H29BCl2FN5O5/c1-17(26-23(31)6-7-24(33)27(26)32)43-25-12-19(20-14-36-38(15-20)22-8-10-34-11-9-22)13-35-28(25)37-29(39)42-16-18-2-4-21(5-3-18)30(40)41/h2-7,12-15,17,22,34,40-41H,8-11,16H2,1H3,(H,35,37,39)/t17-/m1/s1. The molecule has 2 aromatic heterocycles. The van der Waals surface area contributed by atoms with E-state index >= 15 is 0 Å². The first-order valence-corrected chi connectivity index (χ1v) is 14.4. The number of hydrogen-bond donors (Lipinski definition) is 4. The minimum Gasteiger partial charge on any atom is -0.482 e. The second-order valence-electron chi connectivity index (χ2n) is 10.1. The number of piperidine rings is 1. The topological polar surface area (TPSA) is 131 Å². The Hall–Kier alpha value is -3.68. The SMILES string of the molecule is C[C@@H](Oc1cc(-c2cnn(C3CCNCC3)c2)cnc1NC(=O)OCc1ccc(B(O)O)cc1)c1c(Cl)ccc(F)c1Cl. The number of benzene rings is 2. The Kier molecular flexibility index (Phi) is 9.84. The Labute approximate surface area is 257 Å². The second kappa shape index (κ2) is 13.7. The van der Waals surface area contributed by atoms with Crippen molar-refractivity contribution in [2.45, 2.75) is 38.5 Å². The highest BCUT2D eigenvalue weighted by Crippen LogP contribution is 2.38. The van der Waals surface area contributed by atoms with Crippen LogP contribution in [0.3, 0.4) is 0 Å². The number of halogens is 3. The van der Waals surface area contributed by atoms with Crippen molar-refractivity contribution in [3.05, 3.63) is 88.0 Å². The monoisotopic (exact) mass is 627 g/mol. The number of carbonyl (C=O) groups excluding carboxylic acids is 1. The van der Waals surface area contributed by atoms with Gasteiger partial charge in [0.25, 0.3) is 0 Å². The molecular formula is C29H29BCl2FN5O5. The van der Waals surface area contributed by atoms with Crippen LogP contribution in [0.2, 0.25) is 10.0 Å². The minimum absolute atomic E-state index is 0.0637. The van der Waals surface area contributed by atoms with E-state index in [1.807, 2.05) is 10.9 Å². The molecule has 0 aliphatic carbocycles. The summed E-state index contributed by atoms with van der Waals surface area (Å²) in [4.78, 5) is 17.2. The number of pyridine rings is 1. The van der Waals surface area contributed by atoms with Crippen molar-refractivity contribution >= 4 is 47.7 Å². The summed E-state index contributed by atoms with van der Waals surface area (Å²) >= 11 is 12.6. The van der Waals surface area contributed by atoms with E-state index in [1.165, 1.54) is 24.3 Å². The number of nitrogens with zero attached hydrogens (tertiary/aromatic N) is 3. The minimum atomic E-state index is -1.59. The summed E-state index contributed by atoms with van der Waals surface area (Å²) in [6, 6.07) is 10.8. The number of anilines is 1. The number of amides is 1. The summed E-state index contributed by atoms with van der Waals surface area (Å²) in [5.41, 5.74) is 2.68. The Bertz CT molecular complexity index is 1580. The zero-order valence-corrected chi connectivity index (χ0v) is 24.6. The van der Waals surface area contributed by atoms with Crippen LogP contribution in [0.1, 0.15) is 43.0 Å². The average molecular weight is 628 g/mol. The third-order valence-corrected chi connectivity index (χ3v) is 7.84. The first-order chi connectivity index (χ1) is 20.7. The maximum atomic E-state index is 14.3. The van der Waals surface area contributed by atoms with E-state index in [9.17, 15) is 19.2 Å². The van der Waals surface area contributed by atoms with Crippen LogP contribution in [0.5, 0.6) is 5.75 Å². The van der Waals surface area contributed by atoms with Gasteiger partial charge in [0.15, 0.2) is 11.6 Å². The predicted molar refractivity (Wildman–Crippen MR) is 162 cm³/mol. The highest BCUT2D eigenvalue weighted by molar-refractivity contribution is 6.58. The highest BCUT2D eigenvalue weighted by atomic mass is 35.5. The van der Waals surface area contributed by atoms with E-state index in [2.05, 4.69) is 20.7 Å². The number of ether oxygens (including phenoxy) is 2. The van der Waals surface area contributed by atoms with Crippen LogP contribution in [0.15, 0.2) is 61.1 Å². The normalized spacial score (nSPS) is 14.3. The van der Waals surface area contributed by atoms with E-state index < -0.39 is 25.1 Å². The maximum Gasteiger partial charge on any atom is 0.488 e. The molecule has 43 heavy (non-hydrogen) atoms. The molecule has 224 valence electrons. The molecule has 5 rings (SSSR count). The van der Waals surface area contributed by atoms with Gasteiger partial charge in [0, 0.05) is 34.1 Å². The lowest BCUT2D eigenvalue weighted by Gasteiger charge is -2.22. The van der Waals surface area contributed by atoms with Gasteiger partial charge in [-0.25, -0.2) is 14.2 Å². The van der Waals surface area contributed by atoms with Crippen LogP contribution < -0.4 is 20.8 Å². The fourth-order valence-electron chi connectivity index (χ4n) is 4.78. The third-order valence-electron chi connectivity index (χ3n) is 7.13. The molecule has 10 nitrogen and oxygen atoms in total. The predicted octanol–water partition coefficient (Wildman–Crippen LogP) is 4.88. The van der Waals surface area contributed by atoms with Crippen LogP contribution in [0.4, 0.5) is 15.0 Å². The zero-order valence-electron chi connectivity index (χ0n) is 23.1. The molecule has 1 amide bonds. The molecule has 14 heteroatoms. The van der Waals surface area contributed by atoms with Gasteiger partial charge in [-0.2, -0.15) is 5.10 Å². The van der Waals surface area contributed by atoms with Crippen molar-refractivity contribution < 1.29 is 28.7 Å². The van der Waals surface area contributed by atoms with Gasteiger partial charge in [0.1, 0.15) is 18.5 Å². The summed E-state index contributed by atoms with van der Waals surface area (Å²) < 4.78 is 27.7. The fourth-order valence-corrected chi connectivity index (χ4v) is 5.45. The molecule has 1 aliphatic heterocycles. The number of hydrogen-bond acceptors (Lipinski definition) is 8. The molecule has 0 saturated carbocycles. The number of carbonyl (C=O) groups is 1. The van der Waals surface area contributed by atoms with Crippen molar-refractivity contribution in [2.75, 3.05) is 18.4 Å². The Morgan fingerprint density at radius 3 is 2.63 bits per heavy atom. The van der Waals surface area contributed by atoms with Gasteiger partial charge in [-0.3, -0.25) is 10.00 Å². The van der Waals surface area contributed by atoms with Crippen LogP contribution in [-0.4, -0.2) is 51.1 Å². The van der Waals surface area contributed by atoms with Crippen LogP contribution in [-0.2, 0) is 11.3 Å². The van der Waals surface area contributed by atoms with Crippen molar-refractivity contribution in [3.8, 4) is 16.9 Å². The van der Waals surface area contributed by atoms with E-state index in [-0.39, 0.29) is 39.8 Å². The Balaban J connectivity index is 1.38. The maximum absolute atomic E-state index is 14.3. The van der Waals surface area contributed by atoms with Gasteiger partial charge >= 0.3 is 13.2 Å². The van der Waals surface area contributed by atoms with Gasteiger partial charge in [-0.15, -0.1) is 0 Å². The molecule has 0 unspecified atom stereocenters. The van der Waals surface area contributed by atoms with Gasteiger partial charge in [-0.05, 0) is 62.1 Å². The first-order valence-electron chi connectivity index (χ1n) is 13.6. The molecular weight excluding hydrogens is 599 g/mol. The molecule has 0 radical (unpaired) electrons. The summed E-state index contributed by atoms with van der Waals surface area (Å²) in [5, 5.41) is 29.1. The lowest BCUT2D eigenvalue weighted by Crippen LogP contribution is -2.29. The van der Waals surface area contributed by atoms with E-state index in [4.69, 9.17) is 32.7 Å². The second-order valence-corrected chi connectivity index (χ2v) is 10.9. The van der Waals surface area contributed by atoms with Crippen molar-refractivity contribution in [3.63, 3.8) is 0 Å². The summed E-state index contributed by atoms with van der Waals surface area (Å²) in [7, 11) is -1.59. The molecule has 4 aromatic rings. The average Bonchev–Trinajstić information content (AvgIpc) is 3.50. The fraction of sp³-hybridized carbons (Fsp3) is 0.276. The van der Waals surface area contributed by atoms with E-state index in [1.54, 1.807) is 37.5 Å². The van der Waals surface area contributed by atoms with Crippen molar-refractivity contribution in [2.24, 2.45) is 0 Å². The molecule has 4 N–H and O–H groups in total. The summed E-state index contributed by atoms with van der Waals surface area (Å²) in [6.45, 7) is 3.43. The Morgan fingerprint density at radius 2 is 1.91 bits per heavy atom. The molecule has 0 bridgehead atoms. The molecule has 1 aliphatic rings. The van der Waals surface area contributed by atoms with Gasteiger partial charge in [0.2, 0.25) is 0 Å². The molecule has 3 heterocycles. The van der Waals surface area contributed by atoms with Gasteiger partial charge < -0.3 is 24.8 Å². The molecule has 1 saturated heterocycles. The highest BCUT2D eigenvalue weighted by Gasteiger charge is 2.22. The quantitative estimate of drug-likeness (QED) is 0.153. The molecule has 1 fully saturated rings. The summed E-state index contributed by atoms with van der Waals surface area (Å²) in [6.07, 6.45) is 5.60. The number of nitrogens with one attached hydrogen (secondary N) is 2. The Morgan fingerprint density at radius 1 is 1.16 bits per heavy atom. The van der Waals surface area contributed by atoms with Gasteiger partial charge in [0.05, 0.1) is 17.3 Å². The van der Waals surface area contributed by atoms with E-state index in [0.717, 1.165) is 31.5 Å². The first kappa shape index (κ1) is 30.8. The molecule has 1 atom stereocenters. The van der Waals surface area contributed by atoms with Crippen molar-refractivity contribution in [1.29, 1.82) is 0 Å².